The molecule has 1 saturated heterocycles. The summed E-state index contributed by atoms with van der Waals surface area (Å²) in [5.41, 5.74) is 7.29. The average molecular weight is 455 g/mol. The van der Waals surface area contributed by atoms with Crippen LogP contribution in [-0.4, -0.2) is 45.5 Å². The molecule has 0 spiro atoms. The van der Waals surface area contributed by atoms with Crippen molar-refractivity contribution in [2.75, 3.05) is 44.4 Å². The predicted molar refractivity (Wildman–Crippen MR) is 136 cm³/mol. The maximum absolute atomic E-state index is 12.3. The number of rotatable bonds is 7. The highest BCUT2D eigenvalue weighted by molar-refractivity contribution is 5.79. The van der Waals surface area contributed by atoms with Crippen LogP contribution in [0.1, 0.15) is 29.0 Å². The minimum absolute atomic E-state index is 0.0819. The lowest BCUT2D eigenvalue weighted by atomic mass is 9.98. The van der Waals surface area contributed by atoms with E-state index in [9.17, 15) is 4.79 Å². The summed E-state index contributed by atoms with van der Waals surface area (Å²) in [4.78, 5) is 14.6. The zero-order chi connectivity index (χ0) is 23.2. The molecule has 5 heteroatoms. The van der Waals surface area contributed by atoms with Gasteiger partial charge in [-0.05, 0) is 46.4 Å². The minimum atomic E-state index is -0.370. The minimum Gasteiger partial charge on any atom is -0.449 e. The third kappa shape index (κ3) is 5.00. The molecular formula is C29H30N2O3. The van der Waals surface area contributed by atoms with E-state index in [0.29, 0.717) is 13.2 Å². The van der Waals surface area contributed by atoms with Crippen molar-refractivity contribution >= 4 is 17.9 Å². The van der Waals surface area contributed by atoms with Gasteiger partial charge in [-0.2, -0.15) is 0 Å². The topological polar surface area (TPSA) is 50.8 Å². The van der Waals surface area contributed by atoms with Gasteiger partial charge in [0.1, 0.15) is 6.61 Å². The summed E-state index contributed by atoms with van der Waals surface area (Å²) < 4.78 is 11.0. The summed E-state index contributed by atoms with van der Waals surface area (Å²) in [6.07, 6.45) is 4.54. The molecule has 0 unspecified atom stereocenters. The molecule has 1 fully saturated rings. The summed E-state index contributed by atoms with van der Waals surface area (Å²) >= 11 is 0. The van der Waals surface area contributed by atoms with Crippen molar-refractivity contribution in [2.45, 2.75) is 12.3 Å². The maximum Gasteiger partial charge on any atom is 0.407 e. The summed E-state index contributed by atoms with van der Waals surface area (Å²) in [5.74, 6) is 0.0819. The van der Waals surface area contributed by atoms with E-state index >= 15 is 0 Å². The number of anilines is 1. The molecule has 0 aromatic heterocycles. The Bertz CT molecular complexity index is 1100. The maximum atomic E-state index is 12.3. The third-order valence-corrected chi connectivity index (χ3v) is 6.50. The van der Waals surface area contributed by atoms with Crippen LogP contribution in [0.15, 0.2) is 78.9 Å². The van der Waals surface area contributed by atoms with Crippen molar-refractivity contribution in [3.8, 4) is 11.1 Å². The molecule has 34 heavy (non-hydrogen) atoms. The second-order valence-corrected chi connectivity index (χ2v) is 8.63. The standard InChI is InChI=1S/C29H30N2O3/c32-29(34-21-28-26-10-3-1-8-24(26)25-9-2-4-11-27(25)28)30-16-6-5-7-22-12-14-23(15-13-22)31-17-19-33-20-18-31/h1-5,7-15,28H,6,16-21H2,(H,30,32). The number of hydrogen-bond acceptors (Lipinski definition) is 4. The molecule has 1 heterocycles. The number of carbonyl (C=O) groups is 1. The van der Waals surface area contributed by atoms with Gasteiger partial charge in [0.05, 0.1) is 13.2 Å². The molecule has 0 radical (unpaired) electrons. The van der Waals surface area contributed by atoms with Gasteiger partial charge in [0.25, 0.3) is 0 Å². The van der Waals surface area contributed by atoms with E-state index in [1.165, 1.54) is 27.9 Å². The Hall–Kier alpha value is -3.57. The van der Waals surface area contributed by atoms with E-state index in [4.69, 9.17) is 9.47 Å². The summed E-state index contributed by atoms with van der Waals surface area (Å²) in [7, 11) is 0. The lowest BCUT2D eigenvalue weighted by molar-refractivity contribution is 0.122. The summed E-state index contributed by atoms with van der Waals surface area (Å²) in [5, 5.41) is 2.86. The van der Waals surface area contributed by atoms with Gasteiger partial charge in [0, 0.05) is 31.2 Å². The van der Waals surface area contributed by atoms with Crippen molar-refractivity contribution in [3.63, 3.8) is 0 Å². The van der Waals surface area contributed by atoms with Crippen LogP contribution in [0.4, 0.5) is 10.5 Å². The van der Waals surface area contributed by atoms with Crippen molar-refractivity contribution in [2.24, 2.45) is 0 Å². The van der Waals surface area contributed by atoms with Gasteiger partial charge >= 0.3 is 6.09 Å². The van der Waals surface area contributed by atoms with Crippen molar-refractivity contribution in [1.29, 1.82) is 0 Å². The van der Waals surface area contributed by atoms with E-state index in [1.54, 1.807) is 0 Å². The van der Waals surface area contributed by atoms with Gasteiger partial charge in [-0.15, -0.1) is 0 Å². The molecule has 0 bridgehead atoms. The first-order chi connectivity index (χ1) is 16.8. The van der Waals surface area contributed by atoms with Crippen LogP contribution in [0, 0.1) is 0 Å². The lowest BCUT2D eigenvalue weighted by Crippen LogP contribution is -2.36. The highest BCUT2D eigenvalue weighted by Crippen LogP contribution is 2.44. The Morgan fingerprint density at radius 3 is 2.26 bits per heavy atom. The molecule has 1 aliphatic carbocycles. The van der Waals surface area contributed by atoms with Gasteiger partial charge in [-0.3, -0.25) is 0 Å². The van der Waals surface area contributed by atoms with Gasteiger partial charge in [0.2, 0.25) is 0 Å². The van der Waals surface area contributed by atoms with E-state index in [0.717, 1.165) is 38.3 Å². The van der Waals surface area contributed by atoms with Crippen LogP contribution < -0.4 is 10.2 Å². The normalized spacial score (nSPS) is 15.2. The Balaban J connectivity index is 1.07. The first-order valence-electron chi connectivity index (χ1n) is 12.0. The number of benzene rings is 3. The number of fused-ring (bicyclic) bond motifs is 3. The molecule has 3 aromatic carbocycles. The number of morpholine rings is 1. The molecule has 1 N–H and O–H groups in total. The highest BCUT2D eigenvalue weighted by Gasteiger charge is 2.28. The van der Waals surface area contributed by atoms with Gasteiger partial charge < -0.3 is 19.7 Å². The molecule has 3 aromatic rings. The number of hydrogen-bond donors (Lipinski definition) is 1. The van der Waals surface area contributed by atoms with Crippen LogP contribution in [0.5, 0.6) is 0 Å². The number of amides is 1. The Labute approximate surface area is 201 Å². The lowest BCUT2D eigenvalue weighted by Gasteiger charge is -2.28. The SMILES string of the molecule is O=C(NCCC=Cc1ccc(N2CCOCC2)cc1)OCC1c2ccccc2-c2ccccc21. The molecule has 0 atom stereocenters. The van der Waals surface area contributed by atoms with Crippen LogP contribution >= 0.6 is 0 Å². The molecule has 2 aliphatic rings. The largest absolute Gasteiger partial charge is 0.449 e. The monoisotopic (exact) mass is 454 g/mol. The molecule has 1 amide bonds. The van der Waals surface area contributed by atoms with Crippen molar-refractivity contribution in [1.82, 2.24) is 5.32 Å². The van der Waals surface area contributed by atoms with Gasteiger partial charge in [-0.25, -0.2) is 4.79 Å². The Morgan fingerprint density at radius 2 is 1.59 bits per heavy atom. The van der Waals surface area contributed by atoms with E-state index in [1.807, 2.05) is 12.1 Å². The molecule has 0 saturated carbocycles. The number of carbonyl (C=O) groups excluding carboxylic acids is 1. The zero-order valence-electron chi connectivity index (χ0n) is 19.3. The van der Waals surface area contributed by atoms with Crippen molar-refractivity contribution in [3.05, 3.63) is 95.6 Å². The van der Waals surface area contributed by atoms with Crippen LogP contribution in [0.25, 0.3) is 17.2 Å². The van der Waals surface area contributed by atoms with Gasteiger partial charge in [-0.1, -0.05) is 72.8 Å². The average Bonchev–Trinajstić information content (AvgIpc) is 3.22. The fourth-order valence-electron chi connectivity index (χ4n) is 4.74. The van der Waals surface area contributed by atoms with Crippen LogP contribution in [-0.2, 0) is 9.47 Å². The molecule has 174 valence electrons. The second-order valence-electron chi connectivity index (χ2n) is 8.63. The fraction of sp³-hybridized carbons (Fsp3) is 0.276. The first kappa shape index (κ1) is 22.2. The van der Waals surface area contributed by atoms with E-state index in [-0.39, 0.29) is 12.0 Å². The third-order valence-electron chi connectivity index (χ3n) is 6.50. The number of ether oxygens (including phenoxy) is 2. The highest BCUT2D eigenvalue weighted by atomic mass is 16.5. The summed E-state index contributed by atoms with van der Waals surface area (Å²) in [6, 6.07) is 25.3. The number of nitrogens with zero attached hydrogens (tertiary/aromatic N) is 1. The van der Waals surface area contributed by atoms with Crippen LogP contribution in [0.3, 0.4) is 0 Å². The van der Waals surface area contributed by atoms with E-state index < -0.39 is 0 Å². The quantitative estimate of drug-likeness (QED) is 0.481. The smallest absolute Gasteiger partial charge is 0.407 e. The molecule has 5 nitrogen and oxygen atoms in total. The summed E-state index contributed by atoms with van der Waals surface area (Å²) in [6.45, 7) is 4.34. The molecule has 1 aliphatic heterocycles. The zero-order valence-corrected chi connectivity index (χ0v) is 19.3. The van der Waals surface area contributed by atoms with E-state index in [2.05, 4.69) is 83.0 Å². The Kier molecular flexibility index (Phi) is 6.91. The number of alkyl carbamates (subject to hydrolysis) is 1. The van der Waals surface area contributed by atoms with Crippen LogP contribution in [0.2, 0.25) is 0 Å². The van der Waals surface area contributed by atoms with Gasteiger partial charge in [0.15, 0.2) is 0 Å². The fourth-order valence-corrected chi connectivity index (χ4v) is 4.74. The molecular weight excluding hydrogens is 424 g/mol. The second kappa shape index (κ2) is 10.6. The number of nitrogens with one attached hydrogen (secondary N) is 1. The van der Waals surface area contributed by atoms with Crippen molar-refractivity contribution < 1.29 is 14.3 Å². The first-order valence-corrected chi connectivity index (χ1v) is 12.0. The Morgan fingerprint density at radius 1 is 0.941 bits per heavy atom. The predicted octanol–water partition coefficient (Wildman–Crippen LogP) is 5.47. The molecule has 5 rings (SSSR count).